The maximum atomic E-state index is 12.2. The second-order valence-corrected chi connectivity index (χ2v) is 7.60. The maximum Gasteiger partial charge on any atom is 0.315 e. The van der Waals surface area contributed by atoms with Crippen LogP contribution in [-0.4, -0.2) is 56.2 Å². The molecule has 2 aliphatic rings. The van der Waals surface area contributed by atoms with Gasteiger partial charge in [-0.25, -0.2) is 4.79 Å². The third-order valence-corrected chi connectivity index (χ3v) is 5.57. The minimum atomic E-state index is -0.0205. The summed E-state index contributed by atoms with van der Waals surface area (Å²) >= 11 is 5.95. The highest BCUT2D eigenvalue weighted by Gasteiger charge is 2.24. The van der Waals surface area contributed by atoms with Gasteiger partial charge in [0.15, 0.2) is 0 Å². The lowest BCUT2D eigenvalue weighted by Crippen LogP contribution is -2.51. The van der Waals surface area contributed by atoms with E-state index in [0.29, 0.717) is 5.92 Å². The second-order valence-electron chi connectivity index (χ2n) is 7.16. The van der Waals surface area contributed by atoms with Crippen LogP contribution in [0.5, 0.6) is 0 Å². The molecule has 2 atom stereocenters. The summed E-state index contributed by atoms with van der Waals surface area (Å²) in [5.41, 5.74) is 1.21. The zero-order valence-electron chi connectivity index (χ0n) is 15.0. The predicted molar refractivity (Wildman–Crippen MR) is 103 cm³/mol. The van der Waals surface area contributed by atoms with Gasteiger partial charge in [0.2, 0.25) is 0 Å². The first-order chi connectivity index (χ1) is 12.1. The Hall–Kier alpha value is -1.46. The van der Waals surface area contributed by atoms with Gasteiger partial charge in [0.05, 0.1) is 0 Å². The van der Waals surface area contributed by atoms with Crippen LogP contribution in [0.4, 0.5) is 10.5 Å². The SMILES string of the molecule is CCN1CCC[C@@H](NC(=O)NC[C@H]2CCN(c3ccc(Cl)cc3)C2)C1. The van der Waals surface area contributed by atoms with Crippen LogP contribution in [0.1, 0.15) is 26.2 Å². The average molecular weight is 365 g/mol. The molecular formula is C19H29ClN4O. The average Bonchev–Trinajstić information content (AvgIpc) is 3.10. The molecule has 2 heterocycles. The minimum Gasteiger partial charge on any atom is -0.371 e. The number of urea groups is 1. The number of nitrogens with zero attached hydrogens (tertiary/aromatic N) is 2. The molecule has 2 saturated heterocycles. The van der Waals surface area contributed by atoms with Gasteiger partial charge in [-0.3, -0.25) is 0 Å². The van der Waals surface area contributed by atoms with Crippen LogP contribution >= 0.6 is 11.6 Å². The number of carbonyl (C=O) groups excluding carboxylic acids is 1. The monoisotopic (exact) mass is 364 g/mol. The van der Waals surface area contributed by atoms with E-state index in [1.165, 1.54) is 5.69 Å². The van der Waals surface area contributed by atoms with Crippen molar-refractivity contribution in [1.29, 1.82) is 0 Å². The van der Waals surface area contributed by atoms with Crippen LogP contribution < -0.4 is 15.5 Å². The van der Waals surface area contributed by atoms with Gasteiger partial charge >= 0.3 is 6.03 Å². The van der Waals surface area contributed by atoms with E-state index in [0.717, 1.165) is 63.6 Å². The van der Waals surface area contributed by atoms with Crippen LogP contribution in [0.2, 0.25) is 5.02 Å². The zero-order valence-corrected chi connectivity index (χ0v) is 15.8. The third kappa shape index (κ3) is 5.25. The van der Waals surface area contributed by atoms with E-state index >= 15 is 0 Å². The molecule has 2 aliphatic heterocycles. The van der Waals surface area contributed by atoms with E-state index in [4.69, 9.17) is 11.6 Å². The lowest BCUT2D eigenvalue weighted by atomic mass is 10.1. The number of hydrogen-bond acceptors (Lipinski definition) is 3. The number of likely N-dealkylation sites (N-methyl/N-ethyl adjacent to an activating group) is 1. The first-order valence-corrected chi connectivity index (χ1v) is 9.79. The van der Waals surface area contributed by atoms with Gasteiger partial charge in [-0.05, 0) is 62.5 Å². The highest BCUT2D eigenvalue weighted by atomic mass is 35.5. The number of amides is 2. The van der Waals surface area contributed by atoms with E-state index in [1.807, 2.05) is 12.1 Å². The number of likely N-dealkylation sites (tertiary alicyclic amines) is 1. The van der Waals surface area contributed by atoms with Gasteiger partial charge in [-0.15, -0.1) is 0 Å². The van der Waals surface area contributed by atoms with Crippen LogP contribution in [0.15, 0.2) is 24.3 Å². The van der Waals surface area contributed by atoms with Crippen LogP contribution in [0, 0.1) is 5.92 Å². The first kappa shape index (κ1) is 18.3. The Morgan fingerprint density at radius 3 is 2.76 bits per heavy atom. The van der Waals surface area contributed by atoms with Crippen LogP contribution in [-0.2, 0) is 0 Å². The third-order valence-electron chi connectivity index (χ3n) is 5.32. The lowest BCUT2D eigenvalue weighted by Gasteiger charge is -2.32. The van der Waals surface area contributed by atoms with Crippen molar-refractivity contribution in [3.05, 3.63) is 29.3 Å². The summed E-state index contributed by atoms with van der Waals surface area (Å²) < 4.78 is 0. The summed E-state index contributed by atoms with van der Waals surface area (Å²) in [6.45, 7) is 8.10. The van der Waals surface area contributed by atoms with Crippen LogP contribution in [0.3, 0.4) is 0 Å². The number of nitrogens with one attached hydrogen (secondary N) is 2. The molecule has 0 unspecified atom stereocenters. The van der Waals surface area contributed by atoms with E-state index in [1.54, 1.807) is 0 Å². The fourth-order valence-corrected chi connectivity index (χ4v) is 3.95. The summed E-state index contributed by atoms with van der Waals surface area (Å²) in [6, 6.07) is 8.25. The fraction of sp³-hybridized carbons (Fsp3) is 0.632. The molecule has 0 bridgehead atoms. The molecule has 0 radical (unpaired) electrons. The van der Waals surface area contributed by atoms with Gasteiger partial charge < -0.3 is 20.4 Å². The summed E-state index contributed by atoms with van der Waals surface area (Å²) in [7, 11) is 0. The van der Waals surface area contributed by atoms with Gasteiger partial charge in [0, 0.05) is 42.9 Å². The van der Waals surface area contributed by atoms with Gasteiger partial charge in [0.1, 0.15) is 0 Å². The van der Waals surface area contributed by atoms with Crippen molar-refractivity contribution in [2.24, 2.45) is 5.92 Å². The maximum absolute atomic E-state index is 12.2. The fourth-order valence-electron chi connectivity index (χ4n) is 3.82. The van der Waals surface area contributed by atoms with E-state index < -0.39 is 0 Å². The normalized spacial score (nSPS) is 24.3. The molecule has 6 heteroatoms. The molecule has 0 spiro atoms. The Balaban J connectivity index is 1.39. The van der Waals surface area contributed by atoms with Gasteiger partial charge in [-0.1, -0.05) is 18.5 Å². The van der Waals surface area contributed by atoms with Crippen LogP contribution in [0.25, 0.3) is 0 Å². The van der Waals surface area contributed by atoms with Crippen molar-refractivity contribution in [1.82, 2.24) is 15.5 Å². The zero-order chi connectivity index (χ0) is 17.6. The number of hydrogen-bond donors (Lipinski definition) is 2. The molecule has 0 aromatic heterocycles. The largest absolute Gasteiger partial charge is 0.371 e. The quantitative estimate of drug-likeness (QED) is 0.844. The number of piperidine rings is 1. The topological polar surface area (TPSA) is 47.6 Å². The number of halogens is 1. The molecule has 0 aliphatic carbocycles. The molecule has 138 valence electrons. The molecule has 5 nitrogen and oxygen atoms in total. The molecule has 0 saturated carbocycles. The highest BCUT2D eigenvalue weighted by Crippen LogP contribution is 2.24. The van der Waals surface area contributed by atoms with Gasteiger partial charge in [-0.2, -0.15) is 0 Å². The standard InChI is InChI=1S/C19H29ClN4O/c1-2-23-10-3-4-17(14-23)22-19(25)21-12-15-9-11-24(13-15)18-7-5-16(20)6-8-18/h5-8,15,17H,2-4,9-14H2,1H3,(H2,21,22,25)/t15-,17-/m1/s1. The van der Waals surface area contributed by atoms with E-state index in [2.05, 4.69) is 39.5 Å². The molecular weight excluding hydrogens is 336 g/mol. The van der Waals surface area contributed by atoms with Gasteiger partial charge in [0.25, 0.3) is 0 Å². The molecule has 3 rings (SSSR count). The summed E-state index contributed by atoms with van der Waals surface area (Å²) in [6.07, 6.45) is 3.35. The molecule has 25 heavy (non-hydrogen) atoms. The first-order valence-electron chi connectivity index (χ1n) is 9.41. The smallest absolute Gasteiger partial charge is 0.315 e. The lowest BCUT2D eigenvalue weighted by molar-refractivity contribution is 0.192. The number of carbonyl (C=O) groups is 1. The van der Waals surface area contributed by atoms with Crippen molar-refractivity contribution in [2.45, 2.75) is 32.2 Å². The summed E-state index contributed by atoms with van der Waals surface area (Å²) in [4.78, 5) is 16.9. The van der Waals surface area contributed by atoms with Crippen molar-refractivity contribution < 1.29 is 4.79 Å². The second kappa shape index (κ2) is 8.77. The summed E-state index contributed by atoms with van der Waals surface area (Å²) in [5, 5.41) is 6.97. The highest BCUT2D eigenvalue weighted by molar-refractivity contribution is 6.30. The van der Waals surface area contributed by atoms with Crippen molar-refractivity contribution in [2.75, 3.05) is 44.2 Å². The Morgan fingerprint density at radius 1 is 1.20 bits per heavy atom. The van der Waals surface area contributed by atoms with Crippen molar-refractivity contribution in [3.63, 3.8) is 0 Å². The van der Waals surface area contributed by atoms with E-state index in [-0.39, 0.29) is 12.1 Å². The minimum absolute atomic E-state index is 0.0205. The van der Waals surface area contributed by atoms with E-state index in [9.17, 15) is 4.79 Å². The Kier molecular flexibility index (Phi) is 6.43. The summed E-state index contributed by atoms with van der Waals surface area (Å²) in [5.74, 6) is 0.500. The Bertz CT molecular complexity index is 565. The molecule has 2 fully saturated rings. The molecule has 2 N–H and O–H groups in total. The molecule has 2 amide bonds. The predicted octanol–water partition coefficient (Wildman–Crippen LogP) is 2.95. The number of benzene rings is 1. The molecule has 1 aromatic carbocycles. The Labute approximate surface area is 155 Å². The number of anilines is 1. The Morgan fingerprint density at radius 2 is 2.00 bits per heavy atom. The van der Waals surface area contributed by atoms with Crippen molar-refractivity contribution in [3.8, 4) is 0 Å². The molecule has 1 aromatic rings. The number of rotatable bonds is 5. The van der Waals surface area contributed by atoms with Crippen molar-refractivity contribution >= 4 is 23.3 Å².